The molecule has 1 saturated heterocycles. The molecule has 5 nitrogen and oxygen atoms in total. The zero-order valence-corrected chi connectivity index (χ0v) is 16.7. The van der Waals surface area contributed by atoms with Gasteiger partial charge >= 0.3 is 0 Å². The zero-order chi connectivity index (χ0) is 19.3. The van der Waals surface area contributed by atoms with Crippen LogP contribution in [0.3, 0.4) is 0 Å². The lowest BCUT2D eigenvalue weighted by molar-refractivity contribution is -0.118. The van der Waals surface area contributed by atoms with Gasteiger partial charge in [0.05, 0.1) is 27.9 Å². The Balaban J connectivity index is 1.29. The van der Waals surface area contributed by atoms with Gasteiger partial charge in [0.1, 0.15) is 5.82 Å². The summed E-state index contributed by atoms with van der Waals surface area (Å²) in [5, 5.41) is 3.93. The lowest BCUT2D eigenvalue weighted by Gasteiger charge is -2.18. The molecule has 0 saturated carbocycles. The molecule has 1 aliphatic heterocycles. The third-order valence-corrected chi connectivity index (χ3v) is 6.60. The zero-order valence-electron chi connectivity index (χ0n) is 15.1. The topological polar surface area (TPSA) is 57.6 Å². The van der Waals surface area contributed by atoms with Crippen LogP contribution in [-0.2, 0) is 4.79 Å². The molecule has 0 aliphatic carbocycles. The predicted octanol–water partition coefficient (Wildman–Crippen LogP) is 4.28. The van der Waals surface area contributed by atoms with Gasteiger partial charge < -0.3 is 4.90 Å². The van der Waals surface area contributed by atoms with Gasteiger partial charge in [0.15, 0.2) is 4.34 Å². The molecular weight excluding hydrogens is 395 g/mol. The van der Waals surface area contributed by atoms with Crippen LogP contribution < -0.4 is 10.3 Å². The van der Waals surface area contributed by atoms with E-state index in [0.717, 1.165) is 40.5 Å². The van der Waals surface area contributed by atoms with Crippen molar-refractivity contribution >= 4 is 51.1 Å². The second-order valence-electron chi connectivity index (χ2n) is 6.43. The molecule has 1 fully saturated rings. The van der Waals surface area contributed by atoms with Gasteiger partial charge in [0, 0.05) is 13.1 Å². The highest BCUT2D eigenvalue weighted by molar-refractivity contribution is 8.01. The summed E-state index contributed by atoms with van der Waals surface area (Å²) in [6.07, 6.45) is 3.66. The highest BCUT2D eigenvalue weighted by atomic mass is 32.2. The van der Waals surface area contributed by atoms with Gasteiger partial charge in [-0.25, -0.2) is 14.8 Å². The first-order valence-corrected chi connectivity index (χ1v) is 10.8. The lowest BCUT2D eigenvalue weighted by atomic mass is 10.2. The fourth-order valence-electron chi connectivity index (χ4n) is 3.07. The van der Waals surface area contributed by atoms with Crippen molar-refractivity contribution in [2.24, 2.45) is 5.10 Å². The molecule has 1 N–H and O–H groups in total. The van der Waals surface area contributed by atoms with Crippen LogP contribution in [0.25, 0.3) is 10.2 Å². The average molecular weight is 415 g/mol. The van der Waals surface area contributed by atoms with E-state index in [4.69, 9.17) is 0 Å². The summed E-state index contributed by atoms with van der Waals surface area (Å²) < 4.78 is 16.2. The molecule has 8 heteroatoms. The molecule has 0 unspecified atom stereocenters. The summed E-state index contributed by atoms with van der Waals surface area (Å²) in [6, 6.07) is 12.9. The normalized spacial score (nSPS) is 14.2. The number of carbonyl (C=O) groups is 1. The molecule has 4 rings (SSSR count). The number of amides is 1. The number of hydrogen-bond acceptors (Lipinski definition) is 6. The van der Waals surface area contributed by atoms with E-state index >= 15 is 0 Å². The van der Waals surface area contributed by atoms with Gasteiger partial charge in [-0.15, -0.1) is 11.3 Å². The van der Waals surface area contributed by atoms with Gasteiger partial charge in [-0.3, -0.25) is 4.79 Å². The number of fused-ring (bicyclic) bond motifs is 1. The average Bonchev–Trinajstić information content (AvgIpc) is 3.36. The van der Waals surface area contributed by atoms with Crippen molar-refractivity contribution in [1.82, 2.24) is 10.4 Å². The Kier molecular flexibility index (Phi) is 5.87. The van der Waals surface area contributed by atoms with Crippen molar-refractivity contribution in [2.45, 2.75) is 17.2 Å². The van der Waals surface area contributed by atoms with Crippen LogP contribution in [0.4, 0.5) is 10.1 Å². The Hall–Kier alpha value is -2.45. The molecule has 0 bridgehead atoms. The number of hydrogen-bond donors (Lipinski definition) is 1. The van der Waals surface area contributed by atoms with Gasteiger partial charge in [-0.05, 0) is 42.7 Å². The summed E-state index contributed by atoms with van der Waals surface area (Å²) in [6.45, 7) is 1.79. The number of hydrazone groups is 1. The molecule has 2 heterocycles. The molecule has 2 aromatic carbocycles. The van der Waals surface area contributed by atoms with Crippen LogP contribution in [0.5, 0.6) is 0 Å². The third-order valence-electron chi connectivity index (χ3n) is 4.42. The molecule has 3 aromatic rings. The van der Waals surface area contributed by atoms with Crippen molar-refractivity contribution in [2.75, 3.05) is 23.7 Å². The van der Waals surface area contributed by atoms with Crippen LogP contribution in [-0.4, -0.2) is 35.9 Å². The first-order chi connectivity index (χ1) is 13.7. The van der Waals surface area contributed by atoms with Crippen LogP contribution in [0, 0.1) is 5.82 Å². The molecule has 1 aromatic heterocycles. The van der Waals surface area contributed by atoms with E-state index in [1.165, 1.54) is 24.0 Å². The number of thiazole rings is 1. The van der Waals surface area contributed by atoms with Gasteiger partial charge in [-0.2, -0.15) is 5.10 Å². The fraction of sp³-hybridized carbons (Fsp3) is 0.250. The molecule has 144 valence electrons. The van der Waals surface area contributed by atoms with E-state index < -0.39 is 0 Å². The monoisotopic (exact) mass is 414 g/mol. The molecule has 0 atom stereocenters. The maximum absolute atomic E-state index is 14.3. The minimum Gasteiger partial charge on any atom is -0.369 e. The number of aromatic nitrogens is 1. The van der Waals surface area contributed by atoms with Crippen LogP contribution in [0.1, 0.15) is 18.4 Å². The molecule has 1 aliphatic rings. The second kappa shape index (κ2) is 8.70. The Morgan fingerprint density at radius 1 is 1.29 bits per heavy atom. The van der Waals surface area contributed by atoms with Gasteiger partial charge in [0.25, 0.3) is 5.91 Å². The maximum atomic E-state index is 14.3. The SMILES string of the molecule is O=C(CSc1nc2ccccc2s1)N/N=C/c1ccc(N2CCCC2)c(F)c1. The van der Waals surface area contributed by atoms with E-state index in [2.05, 4.69) is 20.4 Å². The Bertz CT molecular complexity index is 981. The lowest BCUT2D eigenvalue weighted by Crippen LogP contribution is -2.20. The van der Waals surface area contributed by atoms with Crippen molar-refractivity contribution in [3.05, 3.63) is 53.8 Å². The van der Waals surface area contributed by atoms with Crippen LogP contribution in [0.2, 0.25) is 0 Å². The minimum absolute atomic E-state index is 0.222. The highest BCUT2D eigenvalue weighted by Gasteiger charge is 2.15. The quantitative estimate of drug-likeness (QED) is 0.372. The summed E-state index contributed by atoms with van der Waals surface area (Å²) in [5.74, 6) is -0.266. The maximum Gasteiger partial charge on any atom is 0.250 e. The number of thioether (sulfide) groups is 1. The first kappa shape index (κ1) is 18.9. The smallest absolute Gasteiger partial charge is 0.250 e. The number of nitrogens with one attached hydrogen (secondary N) is 1. The largest absolute Gasteiger partial charge is 0.369 e. The summed E-state index contributed by atoms with van der Waals surface area (Å²) in [5.41, 5.74) is 4.66. The van der Waals surface area contributed by atoms with E-state index in [0.29, 0.717) is 11.3 Å². The molecule has 0 spiro atoms. The Morgan fingerprint density at radius 2 is 2.11 bits per heavy atom. The number of para-hydroxylation sites is 1. The molecule has 28 heavy (non-hydrogen) atoms. The number of rotatable bonds is 6. The van der Waals surface area contributed by atoms with E-state index in [1.54, 1.807) is 17.4 Å². The van der Waals surface area contributed by atoms with Crippen molar-refractivity contribution in [1.29, 1.82) is 0 Å². The molecular formula is C20H19FN4OS2. The first-order valence-electron chi connectivity index (χ1n) is 9.04. The van der Waals surface area contributed by atoms with Crippen LogP contribution in [0.15, 0.2) is 51.9 Å². The second-order valence-corrected chi connectivity index (χ2v) is 8.69. The number of nitrogens with zero attached hydrogens (tertiary/aromatic N) is 3. The minimum atomic E-state index is -0.261. The number of carbonyl (C=O) groups excluding carboxylic acids is 1. The summed E-state index contributed by atoms with van der Waals surface area (Å²) in [7, 11) is 0. The van der Waals surface area contributed by atoms with Crippen molar-refractivity contribution < 1.29 is 9.18 Å². The Morgan fingerprint density at radius 3 is 2.89 bits per heavy atom. The number of halogens is 1. The van der Waals surface area contributed by atoms with Gasteiger partial charge in [-0.1, -0.05) is 30.0 Å². The summed E-state index contributed by atoms with van der Waals surface area (Å²) >= 11 is 2.94. The van der Waals surface area contributed by atoms with Crippen molar-refractivity contribution in [3.8, 4) is 0 Å². The van der Waals surface area contributed by atoms with E-state index in [1.807, 2.05) is 30.3 Å². The Labute approximate surface area is 170 Å². The number of benzene rings is 2. The standard InChI is InChI=1S/C20H19FN4OS2/c21-15-11-14(7-8-17(15)25-9-3-4-10-25)12-22-24-19(26)13-27-20-23-16-5-1-2-6-18(16)28-20/h1-2,5-8,11-12H,3-4,9-10,13H2,(H,24,26)/b22-12+. The van der Waals surface area contributed by atoms with Crippen LogP contribution >= 0.6 is 23.1 Å². The molecule has 1 amide bonds. The molecule has 0 radical (unpaired) electrons. The summed E-state index contributed by atoms with van der Waals surface area (Å²) in [4.78, 5) is 18.5. The highest BCUT2D eigenvalue weighted by Crippen LogP contribution is 2.29. The van der Waals surface area contributed by atoms with E-state index in [-0.39, 0.29) is 17.5 Å². The third kappa shape index (κ3) is 4.51. The number of anilines is 1. The van der Waals surface area contributed by atoms with Crippen molar-refractivity contribution in [3.63, 3.8) is 0 Å². The van der Waals surface area contributed by atoms with Gasteiger partial charge in [0.2, 0.25) is 0 Å². The fourth-order valence-corrected chi connectivity index (χ4v) is 4.93. The van der Waals surface area contributed by atoms with E-state index in [9.17, 15) is 9.18 Å². The predicted molar refractivity (Wildman–Crippen MR) is 114 cm³/mol.